The number of hydrogen-bond acceptors (Lipinski definition) is 5. The van der Waals surface area contributed by atoms with Gasteiger partial charge in [0.15, 0.2) is 6.29 Å². The maximum absolute atomic E-state index is 5.87. The fourth-order valence-corrected chi connectivity index (χ4v) is 2.22. The van der Waals surface area contributed by atoms with Crippen LogP contribution in [0.5, 0.6) is 0 Å². The second-order valence-electron chi connectivity index (χ2n) is 4.53. The van der Waals surface area contributed by atoms with Gasteiger partial charge in [-0.25, -0.2) is 9.97 Å². The Morgan fingerprint density at radius 2 is 2.29 bits per heavy atom. The van der Waals surface area contributed by atoms with Gasteiger partial charge in [-0.1, -0.05) is 0 Å². The molecule has 1 atom stereocenters. The fraction of sp³-hybridized carbons (Fsp3) is 0.667. The SMILES string of the molecule is c1cc(N2CC(OC3CCCCO3)C2)ncn1. The molecule has 2 fully saturated rings. The quantitative estimate of drug-likeness (QED) is 0.788. The van der Waals surface area contributed by atoms with Crippen molar-refractivity contribution >= 4 is 5.82 Å². The lowest BCUT2D eigenvalue weighted by atomic mass is 10.1. The fourth-order valence-electron chi connectivity index (χ4n) is 2.22. The Hall–Kier alpha value is -1.20. The molecular formula is C12H17N3O2. The molecule has 0 spiro atoms. The topological polar surface area (TPSA) is 47.5 Å². The van der Waals surface area contributed by atoms with Crippen molar-refractivity contribution in [2.24, 2.45) is 0 Å². The number of rotatable bonds is 3. The highest BCUT2D eigenvalue weighted by Gasteiger charge is 2.31. The van der Waals surface area contributed by atoms with Gasteiger partial charge >= 0.3 is 0 Å². The molecule has 0 N–H and O–H groups in total. The third-order valence-corrected chi connectivity index (χ3v) is 3.22. The summed E-state index contributed by atoms with van der Waals surface area (Å²) in [5, 5.41) is 0. The Morgan fingerprint density at radius 3 is 3.00 bits per heavy atom. The van der Waals surface area contributed by atoms with Gasteiger partial charge in [0.05, 0.1) is 6.10 Å². The van der Waals surface area contributed by atoms with Crippen LogP contribution in [-0.4, -0.2) is 42.1 Å². The Labute approximate surface area is 101 Å². The third kappa shape index (κ3) is 2.56. The molecular weight excluding hydrogens is 218 g/mol. The van der Waals surface area contributed by atoms with Crippen molar-refractivity contribution in [3.05, 3.63) is 18.6 Å². The first kappa shape index (κ1) is 10.9. The number of aromatic nitrogens is 2. The molecule has 5 heteroatoms. The van der Waals surface area contributed by atoms with Crippen molar-refractivity contribution in [1.82, 2.24) is 9.97 Å². The molecule has 3 heterocycles. The smallest absolute Gasteiger partial charge is 0.158 e. The predicted octanol–water partition coefficient (Wildman–Crippen LogP) is 1.21. The van der Waals surface area contributed by atoms with Crippen LogP contribution in [0.2, 0.25) is 0 Å². The van der Waals surface area contributed by atoms with E-state index >= 15 is 0 Å². The van der Waals surface area contributed by atoms with Gasteiger partial charge in [0, 0.05) is 25.9 Å². The number of nitrogens with zero attached hydrogens (tertiary/aromatic N) is 3. The van der Waals surface area contributed by atoms with Crippen LogP contribution >= 0.6 is 0 Å². The molecule has 5 nitrogen and oxygen atoms in total. The zero-order chi connectivity index (χ0) is 11.5. The summed E-state index contributed by atoms with van der Waals surface area (Å²) in [4.78, 5) is 10.3. The van der Waals surface area contributed by atoms with Crippen molar-refractivity contribution in [3.63, 3.8) is 0 Å². The molecule has 2 aliphatic heterocycles. The minimum absolute atomic E-state index is 0.0151. The summed E-state index contributed by atoms with van der Waals surface area (Å²) < 4.78 is 11.4. The number of hydrogen-bond donors (Lipinski definition) is 0. The average molecular weight is 235 g/mol. The minimum Gasteiger partial charge on any atom is -0.353 e. The lowest BCUT2D eigenvalue weighted by Gasteiger charge is -2.41. The first-order chi connectivity index (χ1) is 8.42. The van der Waals surface area contributed by atoms with Gasteiger partial charge in [-0.15, -0.1) is 0 Å². The Kier molecular flexibility index (Phi) is 3.20. The van der Waals surface area contributed by atoms with Crippen molar-refractivity contribution in [2.45, 2.75) is 31.7 Å². The summed E-state index contributed by atoms with van der Waals surface area (Å²) in [6.45, 7) is 2.64. The van der Waals surface area contributed by atoms with Crippen molar-refractivity contribution in [3.8, 4) is 0 Å². The maximum Gasteiger partial charge on any atom is 0.158 e. The highest BCUT2D eigenvalue weighted by molar-refractivity contribution is 5.40. The Morgan fingerprint density at radius 1 is 1.35 bits per heavy atom. The predicted molar refractivity (Wildman–Crippen MR) is 62.7 cm³/mol. The highest BCUT2D eigenvalue weighted by atomic mass is 16.7. The van der Waals surface area contributed by atoms with E-state index in [1.54, 1.807) is 12.5 Å². The van der Waals surface area contributed by atoms with E-state index in [0.717, 1.165) is 38.4 Å². The second-order valence-corrected chi connectivity index (χ2v) is 4.53. The van der Waals surface area contributed by atoms with Crippen LogP contribution in [0.4, 0.5) is 5.82 Å². The lowest BCUT2D eigenvalue weighted by molar-refractivity contribution is -0.191. The molecule has 3 rings (SSSR count). The van der Waals surface area contributed by atoms with E-state index in [0.29, 0.717) is 0 Å². The Balaban J connectivity index is 1.45. The largest absolute Gasteiger partial charge is 0.353 e. The van der Waals surface area contributed by atoms with Crippen molar-refractivity contribution < 1.29 is 9.47 Å². The van der Waals surface area contributed by atoms with Gasteiger partial charge in [0.2, 0.25) is 0 Å². The monoisotopic (exact) mass is 235 g/mol. The summed E-state index contributed by atoms with van der Waals surface area (Å²) in [5.74, 6) is 0.976. The molecule has 0 saturated carbocycles. The highest BCUT2D eigenvalue weighted by Crippen LogP contribution is 2.23. The summed E-state index contributed by atoms with van der Waals surface area (Å²) in [6.07, 6.45) is 7.05. The van der Waals surface area contributed by atoms with Crippen molar-refractivity contribution in [1.29, 1.82) is 0 Å². The second kappa shape index (κ2) is 4.98. The first-order valence-electron chi connectivity index (χ1n) is 6.20. The van der Waals surface area contributed by atoms with Crippen LogP contribution in [0.15, 0.2) is 18.6 Å². The summed E-state index contributed by atoms with van der Waals surface area (Å²) in [6, 6.07) is 1.92. The van der Waals surface area contributed by atoms with Crippen LogP contribution in [0.25, 0.3) is 0 Å². The zero-order valence-electron chi connectivity index (χ0n) is 9.79. The van der Waals surface area contributed by atoms with E-state index in [2.05, 4.69) is 14.9 Å². The molecule has 1 unspecified atom stereocenters. The van der Waals surface area contributed by atoms with Crippen LogP contribution in [0, 0.1) is 0 Å². The Bertz CT molecular complexity index is 348. The normalized spacial score (nSPS) is 25.6. The molecule has 0 aliphatic carbocycles. The molecule has 92 valence electrons. The summed E-state index contributed by atoms with van der Waals surface area (Å²) in [5.41, 5.74) is 0. The first-order valence-corrected chi connectivity index (χ1v) is 6.20. The van der Waals surface area contributed by atoms with Crippen LogP contribution < -0.4 is 4.90 Å². The summed E-state index contributed by atoms with van der Waals surface area (Å²) >= 11 is 0. The third-order valence-electron chi connectivity index (χ3n) is 3.22. The standard InChI is InChI=1S/C12H17N3O2/c1-2-6-16-12(3-1)17-10-7-15(8-10)11-4-5-13-9-14-11/h4-5,9-10,12H,1-3,6-8H2. The minimum atomic E-state index is 0.0151. The maximum atomic E-state index is 5.87. The van der Waals surface area contributed by atoms with E-state index in [1.807, 2.05) is 6.07 Å². The summed E-state index contributed by atoms with van der Waals surface area (Å²) in [7, 11) is 0. The van der Waals surface area contributed by atoms with E-state index in [9.17, 15) is 0 Å². The van der Waals surface area contributed by atoms with Crippen LogP contribution in [-0.2, 0) is 9.47 Å². The van der Waals surface area contributed by atoms with Gasteiger partial charge in [0.25, 0.3) is 0 Å². The molecule has 1 aromatic rings. The van der Waals surface area contributed by atoms with Crippen molar-refractivity contribution in [2.75, 3.05) is 24.6 Å². The average Bonchev–Trinajstić information content (AvgIpc) is 2.36. The molecule has 0 bridgehead atoms. The van der Waals surface area contributed by atoms with Gasteiger partial charge in [-0.05, 0) is 25.3 Å². The van der Waals surface area contributed by atoms with Gasteiger partial charge in [0.1, 0.15) is 12.1 Å². The molecule has 2 saturated heterocycles. The molecule has 2 aliphatic rings. The lowest BCUT2D eigenvalue weighted by Crippen LogP contribution is -2.54. The van der Waals surface area contributed by atoms with Crippen LogP contribution in [0.3, 0.4) is 0 Å². The molecule has 0 radical (unpaired) electrons. The van der Waals surface area contributed by atoms with Gasteiger partial charge < -0.3 is 14.4 Å². The van der Waals surface area contributed by atoms with Crippen LogP contribution in [0.1, 0.15) is 19.3 Å². The van der Waals surface area contributed by atoms with E-state index in [1.165, 1.54) is 6.42 Å². The van der Waals surface area contributed by atoms with E-state index in [4.69, 9.17) is 9.47 Å². The van der Waals surface area contributed by atoms with E-state index in [-0.39, 0.29) is 12.4 Å². The number of anilines is 1. The molecule has 0 aromatic carbocycles. The molecule has 17 heavy (non-hydrogen) atoms. The molecule has 1 aromatic heterocycles. The molecule has 0 amide bonds. The number of ether oxygens (including phenoxy) is 2. The van der Waals surface area contributed by atoms with Gasteiger partial charge in [-0.2, -0.15) is 0 Å². The zero-order valence-corrected chi connectivity index (χ0v) is 9.79. The van der Waals surface area contributed by atoms with Gasteiger partial charge in [-0.3, -0.25) is 0 Å². The van der Waals surface area contributed by atoms with E-state index < -0.39 is 0 Å².